The molecule has 1 N–H and O–H groups in total. The highest BCUT2D eigenvalue weighted by Gasteiger charge is 2.13. The zero-order chi connectivity index (χ0) is 18.4. The van der Waals surface area contributed by atoms with Crippen LogP contribution in [0.5, 0.6) is 0 Å². The van der Waals surface area contributed by atoms with Gasteiger partial charge in [0, 0.05) is 17.4 Å². The first-order chi connectivity index (χ1) is 13.2. The van der Waals surface area contributed by atoms with E-state index < -0.39 is 0 Å². The minimum absolute atomic E-state index is 0.248. The first-order valence-electron chi connectivity index (χ1n) is 8.16. The Balaban J connectivity index is 1.66. The number of halogens is 1. The summed E-state index contributed by atoms with van der Waals surface area (Å²) in [6.07, 6.45) is 6.65. The van der Waals surface area contributed by atoms with Crippen LogP contribution >= 0.6 is 11.6 Å². The summed E-state index contributed by atoms with van der Waals surface area (Å²) in [5, 5.41) is 0.611. The van der Waals surface area contributed by atoms with E-state index in [0.717, 1.165) is 16.6 Å². The number of pyridine rings is 1. The number of nitrogens with zero attached hydrogens (tertiary/aromatic N) is 6. The van der Waals surface area contributed by atoms with Gasteiger partial charge in [-0.05, 0) is 29.8 Å². The normalized spacial score (nSPS) is 11.4. The van der Waals surface area contributed by atoms with Gasteiger partial charge in [0.15, 0.2) is 5.65 Å². The van der Waals surface area contributed by atoms with Crippen molar-refractivity contribution >= 4 is 33.8 Å². The number of hydrogen-bond acceptors (Lipinski definition) is 5. The maximum Gasteiger partial charge on any atom is 0.328 e. The molecular formula is C18H12ClN7O. The van der Waals surface area contributed by atoms with Gasteiger partial charge in [-0.2, -0.15) is 4.98 Å². The van der Waals surface area contributed by atoms with Crippen LogP contribution < -0.4 is 5.69 Å². The molecule has 0 unspecified atom stereocenters. The number of aromatic nitrogens is 7. The molecule has 0 saturated carbocycles. The largest absolute Gasteiger partial charge is 0.328 e. The van der Waals surface area contributed by atoms with Crippen LogP contribution in [0.2, 0.25) is 5.02 Å². The average Bonchev–Trinajstić information content (AvgIpc) is 3.23. The van der Waals surface area contributed by atoms with E-state index in [1.54, 1.807) is 46.2 Å². The molecule has 5 aromatic rings. The zero-order valence-electron chi connectivity index (χ0n) is 13.9. The molecular weight excluding hydrogens is 366 g/mol. The molecule has 4 heterocycles. The Kier molecular flexibility index (Phi) is 3.51. The average molecular weight is 378 g/mol. The summed E-state index contributed by atoms with van der Waals surface area (Å²) in [6, 6.07) is 9.17. The van der Waals surface area contributed by atoms with E-state index in [1.165, 1.54) is 0 Å². The van der Waals surface area contributed by atoms with E-state index in [-0.39, 0.29) is 5.69 Å². The fourth-order valence-electron chi connectivity index (χ4n) is 3.02. The summed E-state index contributed by atoms with van der Waals surface area (Å²) in [6.45, 7) is 0.364. The summed E-state index contributed by atoms with van der Waals surface area (Å²) in [5.74, 6) is 0.422. The Morgan fingerprint density at radius 3 is 2.93 bits per heavy atom. The molecule has 5 rings (SSSR count). The summed E-state index contributed by atoms with van der Waals surface area (Å²) in [5.41, 5.74) is 3.32. The number of aromatic amines is 1. The summed E-state index contributed by atoms with van der Waals surface area (Å²) >= 11 is 6.02. The van der Waals surface area contributed by atoms with Crippen molar-refractivity contribution < 1.29 is 0 Å². The minimum atomic E-state index is -0.248. The highest BCUT2D eigenvalue weighted by Crippen LogP contribution is 2.20. The molecule has 4 aromatic heterocycles. The van der Waals surface area contributed by atoms with E-state index in [1.807, 2.05) is 18.2 Å². The predicted octanol–water partition coefficient (Wildman–Crippen LogP) is 2.56. The van der Waals surface area contributed by atoms with E-state index in [0.29, 0.717) is 28.7 Å². The third-order valence-corrected chi connectivity index (χ3v) is 4.52. The molecule has 0 aliphatic rings. The lowest BCUT2D eigenvalue weighted by Crippen LogP contribution is -2.18. The van der Waals surface area contributed by atoms with Crippen molar-refractivity contribution in [1.82, 2.24) is 34.1 Å². The summed E-state index contributed by atoms with van der Waals surface area (Å²) in [4.78, 5) is 32.6. The molecule has 9 heteroatoms. The lowest BCUT2D eigenvalue weighted by atomic mass is 10.3. The number of benzene rings is 1. The second-order valence-electron chi connectivity index (χ2n) is 6.03. The van der Waals surface area contributed by atoms with Gasteiger partial charge in [0.2, 0.25) is 5.95 Å². The second kappa shape index (κ2) is 6.03. The van der Waals surface area contributed by atoms with Gasteiger partial charge in [-0.25, -0.2) is 14.8 Å². The smallest absolute Gasteiger partial charge is 0.303 e. The Morgan fingerprint density at radius 2 is 2.07 bits per heavy atom. The maximum atomic E-state index is 12.4. The molecule has 0 atom stereocenters. The van der Waals surface area contributed by atoms with Gasteiger partial charge in [0.25, 0.3) is 0 Å². The van der Waals surface area contributed by atoms with Crippen LogP contribution in [0.25, 0.3) is 28.1 Å². The molecule has 0 aliphatic heterocycles. The van der Waals surface area contributed by atoms with E-state index in [9.17, 15) is 4.79 Å². The monoisotopic (exact) mass is 377 g/mol. The minimum Gasteiger partial charge on any atom is -0.303 e. The molecule has 0 fully saturated rings. The molecule has 27 heavy (non-hydrogen) atoms. The van der Waals surface area contributed by atoms with E-state index in [2.05, 4.69) is 24.9 Å². The van der Waals surface area contributed by atoms with Crippen LogP contribution in [0.3, 0.4) is 0 Å². The highest BCUT2D eigenvalue weighted by atomic mass is 35.5. The van der Waals surface area contributed by atoms with Gasteiger partial charge < -0.3 is 4.98 Å². The van der Waals surface area contributed by atoms with Crippen LogP contribution in [0, 0.1) is 0 Å². The van der Waals surface area contributed by atoms with Crippen LogP contribution in [0.1, 0.15) is 5.56 Å². The lowest BCUT2D eigenvalue weighted by Gasteiger charge is -2.05. The topological polar surface area (TPSA) is 94.3 Å². The number of fused-ring (bicyclic) bond motifs is 2. The van der Waals surface area contributed by atoms with Crippen LogP contribution in [-0.4, -0.2) is 34.1 Å². The number of imidazole rings is 2. The van der Waals surface area contributed by atoms with Crippen molar-refractivity contribution in [3.63, 3.8) is 0 Å². The molecule has 0 aliphatic carbocycles. The third kappa shape index (κ3) is 2.67. The quantitative estimate of drug-likeness (QED) is 0.521. The van der Waals surface area contributed by atoms with Crippen molar-refractivity contribution in [2.75, 3.05) is 0 Å². The fourth-order valence-corrected chi connectivity index (χ4v) is 3.19. The Labute approximate surface area is 157 Å². The Hall–Kier alpha value is -3.52. The molecule has 132 valence electrons. The maximum absolute atomic E-state index is 12.4. The Bertz CT molecular complexity index is 1340. The standard InChI is InChI=1S/C18H12ClN7O/c19-12-3-4-15-13(6-12)22-10-26(15)17-21-8-14-16(24-17)25(18(27)23-14)9-11-2-1-5-20-7-11/h1-8,10H,9H2,(H,23,27). The van der Waals surface area contributed by atoms with Crippen molar-refractivity contribution in [2.45, 2.75) is 6.54 Å². The van der Waals surface area contributed by atoms with Crippen molar-refractivity contribution in [3.8, 4) is 5.95 Å². The van der Waals surface area contributed by atoms with E-state index >= 15 is 0 Å². The van der Waals surface area contributed by atoms with Gasteiger partial charge in [-0.1, -0.05) is 17.7 Å². The fraction of sp³-hybridized carbons (Fsp3) is 0.0556. The van der Waals surface area contributed by atoms with Crippen molar-refractivity contribution in [1.29, 1.82) is 0 Å². The molecule has 0 bridgehead atoms. The molecule has 0 amide bonds. The SMILES string of the molecule is O=c1[nH]c2cnc(-n3cnc4cc(Cl)ccc43)nc2n1Cc1cccnc1. The van der Waals surface area contributed by atoms with Gasteiger partial charge in [0.1, 0.15) is 11.8 Å². The number of H-pyrrole nitrogens is 1. The van der Waals surface area contributed by atoms with Crippen LogP contribution in [0.15, 0.2) is 60.0 Å². The van der Waals surface area contributed by atoms with Crippen molar-refractivity contribution in [2.24, 2.45) is 0 Å². The van der Waals surface area contributed by atoms with Gasteiger partial charge in [-0.15, -0.1) is 0 Å². The molecule has 8 nitrogen and oxygen atoms in total. The number of nitrogens with one attached hydrogen (secondary N) is 1. The molecule has 0 radical (unpaired) electrons. The van der Waals surface area contributed by atoms with Gasteiger partial charge in [0.05, 0.1) is 23.8 Å². The highest BCUT2D eigenvalue weighted by molar-refractivity contribution is 6.31. The number of rotatable bonds is 3. The Morgan fingerprint density at radius 1 is 1.15 bits per heavy atom. The third-order valence-electron chi connectivity index (χ3n) is 4.29. The summed E-state index contributed by atoms with van der Waals surface area (Å²) < 4.78 is 3.32. The first kappa shape index (κ1) is 15.7. The molecule has 0 saturated heterocycles. The lowest BCUT2D eigenvalue weighted by molar-refractivity contribution is 0.771. The predicted molar refractivity (Wildman–Crippen MR) is 101 cm³/mol. The van der Waals surface area contributed by atoms with Crippen LogP contribution in [-0.2, 0) is 6.54 Å². The first-order valence-corrected chi connectivity index (χ1v) is 8.54. The zero-order valence-corrected chi connectivity index (χ0v) is 14.6. The van der Waals surface area contributed by atoms with Crippen molar-refractivity contribution in [3.05, 3.63) is 76.3 Å². The van der Waals surface area contributed by atoms with Gasteiger partial charge >= 0.3 is 5.69 Å². The second-order valence-corrected chi connectivity index (χ2v) is 6.47. The van der Waals surface area contributed by atoms with Crippen LogP contribution in [0.4, 0.5) is 0 Å². The van der Waals surface area contributed by atoms with E-state index in [4.69, 9.17) is 11.6 Å². The number of hydrogen-bond donors (Lipinski definition) is 1. The summed E-state index contributed by atoms with van der Waals surface area (Å²) in [7, 11) is 0. The van der Waals surface area contributed by atoms with Gasteiger partial charge in [-0.3, -0.25) is 14.1 Å². The molecule has 1 aromatic carbocycles. The molecule has 0 spiro atoms.